The average Bonchev–Trinajstić information content (AvgIpc) is 3.15. The number of hydrogen-bond acceptors (Lipinski definition) is 3. The third kappa shape index (κ3) is 5.58. The molecule has 5 heteroatoms. The lowest BCUT2D eigenvalue weighted by Gasteiger charge is -2.25. The number of nitrogens with zero attached hydrogens (tertiary/aromatic N) is 1. The van der Waals surface area contributed by atoms with Gasteiger partial charge < -0.3 is 15.0 Å². The van der Waals surface area contributed by atoms with E-state index in [1.54, 1.807) is 0 Å². The fraction of sp³-hybridized carbons (Fsp3) is 0.350. The van der Waals surface area contributed by atoms with E-state index in [4.69, 9.17) is 4.74 Å². The van der Waals surface area contributed by atoms with Gasteiger partial charge in [0.05, 0.1) is 6.04 Å². The number of carbonyl (C=O) groups excluding carboxylic acids is 1. The SMILES string of the molecule is O=C(COc1ccc(Br)cc1)NC(CN1CCCC1)c1ccccc1. The van der Waals surface area contributed by atoms with Crippen LogP contribution in [0.3, 0.4) is 0 Å². The summed E-state index contributed by atoms with van der Waals surface area (Å²) >= 11 is 3.39. The number of nitrogens with one attached hydrogen (secondary N) is 1. The minimum atomic E-state index is -0.101. The highest BCUT2D eigenvalue weighted by atomic mass is 79.9. The van der Waals surface area contributed by atoms with Gasteiger partial charge in [0.2, 0.25) is 0 Å². The first kappa shape index (κ1) is 18.0. The predicted molar refractivity (Wildman–Crippen MR) is 103 cm³/mol. The smallest absolute Gasteiger partial charge is 0.258 e. The molecule has 0 radical (unpaired) electrons. The topological polar surface area (TPSA) is 41.6 Å². The van der Waals surface area contributed by atoms with E-state index in [1.807, 2.05) is 42.5 Å². The summed E-state index contributed by atoms with van der Waals surface area (Å²) in [7, 11) is 0. The van der Waals surface area contributed by atoms with Gasteiger partial charge in [-0.05, 0) is 55.8 Å². The second-order valence-corrected chi connectivity index (χ2v) is 7.20. The molecule has 1 atom stereocenters. The fourth-order valence-corrected chi connectivity index (χ4v) is 3.32. The molecule has 1 N–H and O–H groups in total. The molecule has 0 aromatic heterocycles. The lowest BCUT2D eigenvalue weighted by molar-refractivity contribution is -0.124. The van der Waals surface area contributed by atoms with Crippen molar-refractivity contribution in [2.45, 2.75) is 18.9 Å². The van der Waals surface area contributed by atoms with Crippen molar-refractivity contribution in [3.05, 3.63) is 64.6 Å². The van der Waals surface area contributed by atoms with E-state index in [0.717, 1.165) is 29.7 Å². The molecule has 1 saturated heterocycles. The van der Waals surface area contributed by atoms with Crippen LogP contribution in [-0.2, 0) is 4.79 Å². The van der Waals surface area contributed by atoms with E-state index in [2.05, 4.69) is 38.3 Å². The summed E-state index contributed by atoms with van der Waals surface area (Å²) in [6.07, 6.45) is 2.48. The maximum absolute atomic E-state index is 12.4. The first-order valence-corrected chi connectivity index (χ1v) is 9.45. The monoisotopic (exact) mass is 402 g/mol. The van der Waals surface area contributed by atoms with Gasteiger partial charge in [-0.2, -0.15) is 0 Å². The molecule has 1 amide bonds. The quantitative estimate of drug-likeness (QED) is 0.765. The molecule has 25 heavy (non-hydrogen) atoms. The third-order valence-corrected chi connectivity index (χ3v) is 4.89. The Morgan fingerprint density at radius 2 is 1.76 bits per heavy atom. The Morgan fingerprint density at radius 3 is 2.44 bits per heavy atom. The summed E-state index contributed by atoms with van der Waals surface area (Å²) in [5.41, 5.74) is 1.13. The maximum Gasteiger partial charge on any atom is 0.258 e. The van der Waals surface area contributed by atoms with Gasteiger partial charge >= 0.3 is 0 Å². The van der Waals surface area contributed by atoms with Crippen LogP contribution < -0.4 is 10.1 Å². The molecule has 1 unspecified atom stereocenters. The third-order valence-electron chi connectivity index (χ3n) is 4.36. The van der Waals surface area contributed by atoms with Crippen LogP contribution in [0.25, 0.3) is 0 Å². The molecule has 4 nitrogen and oxygen atoms in total. The lowest BCUT2D eigenvalue weighted by Crippen LogP contribution is -2.39. The lowest BCUT2D eigenvalue weighted by atomic mass is 10.1. The zero-order valence-electron chi connectivity index (χ0n) is 14.2. The van der Waals surface area contributed by atoms with Crippen molar-refractivity contribution in [1.82, 2.24) is 10.2 Å². The maximum atomic E-state index is 12.4. The van der Waals surface area contributed by atoms with Crippen LogP contribution in [-0.4, -0.2) is 37.0 Å². The molecule has 3 rings (SSSR count). The Kier molecular flexibility index (Phi) is 6.48. The second-order valence-electron chi connectivity index (χ2n) is 6.28. The first-order chi connectivity index (χ1) is 12.2. The molecule has 1 aliphatic heterocycles. The second kappa shape index (κ2) is 9.02. The Balaban J connectivity index is 1.58. The van der Waals surface area contributed by atoms with Crippen LogP contribution in [0.5, 0.6) is 5.75 Å². The summed E-state index contributed by atoms with van der Waals surface area (Å²) in [5, 5.41) is 3.13. The molecule has 132 valence electrons. The van der Waals surface area contributed by atoms with E-state index < -0.39 is 0 Å². The standard InChI is InChI=1S/C20H23BrN2O2/c21-17-8-10-18(11-9-17)25-15-20(24)22-19(14-23-12-4-5-13-23)16-6-2-1-3-7-16/h1-3,6-11,19H,4-5,12-15H2,(H,22,24). The molecule has 0 bridgehead atoms. The van der Waals surface area contributed by atoms with Crippen molar-refractivity contribution in [2.75, 3.05) is 26.2 Å². The van der Waals surface area contributed by atoms with E-state index >= 15 is 0 Å². The summed E-state index contributed by atoms with van der Waals surface area (Å²) < 4.78 is 6.57. The highest BCUT2D eigenvalue weighted by molar-refractivity contribution is 9.10. The van der Waals surface area contributed by atoms with Crippen molar-refractivity contribution in [2.24, 2.45) is 0 Å². The summed E-state index contributed by atoms with van der Waals surface area (Å²) in [6.45, 7) is 3.07. The van der Waals surface area contributed by atoms with Crippen molar-refractivity contribution >= 4 is 21.8 Å². The van der Waals surface area contributed by atoms with E-state index in [0.29, 0.717) is 5.75 Å². The van der Waals surface area contributed by atoms with Gasteiger partial charge in [0.1, 0.15) is 5.75 Å². The highest BCUT2D eigenvalue weighted by Gasteiger charge is 2.20. The van der Waals surface area contributed by atoms with Gasteiger partial charge in [-0.3, -0.25) is 4.79 Å². The van der Waals surface area contributed by atoms with Crippen LogP contribution in [0.2, 0.25) is 0 Å². The predicted octanol–water partition coefficient (Wildman–Crippen LogP) is 3.78. The van der Waals surface area contributed by atoms with Gasteiger partial charge in [-0.15, -0.1) is 0 Å². The Bertz CT molecular complexity index is 670. The van der Waals surface area contributed by atoms with Gasteiger partial charge in [-0.25, -0.2) is 0 Å². The summed E-state index contributed by atoms with van der Waals surface area (Å²) in [6, 6.07) is 17.6. The molecule has 0 aliphatic carbocycles. The average molecular weight is 403 g/mol. The molecular formula is C20H23BrN2O2. The molecular weight excluding hydrogens is 380 g/mol. The molecule has 0 spiro atoms. The van der Waals surface area contributed by atoms with Crippen LogP contribution in [0.15, 0.2) is 59.1 Å². The van der Waals surface area contributed by atoms with E-state index in [1.165, 1.54) is 12.8 Å². The van der Waals surface area contributed by atoms with Crippen molar-refractivity contribution in [1.29, 1.82) is 0 Å². The van der Waals surface area contributed by atoms with Crippen LogP contribution in [0.4, 0.5) is 0 Å². The number of hydrogen-bond donors (Lipinski definition) is 1. The minimum Gasteiger partial charge on any atom is -0.484 e. The fourth-order valence-electron chi connectivity index (χ4n) is 3.06. The largest absolute Gasteiger partial charge is 0.484 e. The van der Waals surface area contributed by atoms with Gasteiger partial charge in [-0.1, -0.05) is 46.3 Å². The van der Waals surface area contributed by atoms with Gasteiger partial charge in [0.25, 0.3) is 5.91 Å². The Morgan fingerprint density at radius 1 is 1.08 bits per heavy atom. The molecule has 1 heterocycles. The molecule has 2 aromatic rings. The summed E-state index contributed by atoms with van der Waals surface area (Å²) in [4.78, 5) is 14.8. The van der Waals surface area contributed by atoms with Gasteiger partial charge in [0, 0.05) is 11.0 Å². The highest BCUT2D eigenvalue weighted by Crippen LogP contribution is 2.18. The van der Waals surface area contributed by atoms with Crippen LogP contribution in [0.1, 0.15) is 24.4 Å². The number of likely N-dealkylation sites (tertiary alicyclic amines) is 1. The summed E-state index contributed by atoms with van der Waals surface area (Å²) in [5.74, 6) is 0.588. The number of rotatable bonds is 7. The van der Waals surface area contributed by atoms with Crippen LogP contribution in [0, 0.1) is 0 Å². The zero-order valence-corrected chi connectivity index (χ0v) is 15.7. The van der Waals surface area contributed by atoms with Crippen LogP contribution >= 0.6 is 15.9 Å². The molecule has 1 fully saturated rings. The normalized spacial score (nSPS) is 15.7. The Labute approximate surface area is 157 Å². The minimum absolute atomic E-state index is 0.0136. The van der Waals surface area contributed by atoms with Crippen molar-refractivity contribution in [3.63, 3.8) is 0 Å². The Hall–Kier alpha value is -1.85. The number of amides is 1. The van der Waals surface area contributed by atoms with E-state index in [9.17, 15) is 4.79 Å². The number of benzene rings is 2. The number of halogens is 1. The van der Waals surface area contributed by atoms with Crippen molar-refractivity contribution < 1.29 is 9.53 Å². The molecule has 0 saturated carbocycles. The number of ether oxygens (including phenoxy) is 1. The van der Waals surface area contributed by atoms with Crippen molar-refractivity contribution in [3.8, 4) is 5.75 Å². The first-order valence-electron chi connectivity index (χ1n) is 8.66. The number of carbonyl (C=O) groups is 1. The molecule has 2 aromatic carbocycles. The molecule has 1 aliphatic rings. The van der Waals surface area contributed by atoms with Gasteiger partial charge in [0.15, 0.2) is 6.61 Å². The zero-order chi connectivity index (χ0) is 17.5. The van der Waals surface area contributed by atoms with E-state index in [-0.39, 0.29) is 18.6 Å².